The van der Waals surface area contributed by atoms with Crippen LogP contribution in [0, 0.1) is 0 Å². The van der Waals surface area contributed by atoms with Crippen molar-refractivity contribution in [1.82, 2.24) is 0 Å². The van der Waals surface area contributed by atoms with Gasteiger partial charge >= 0.3 is 135 Å². The summed E-state index contributed by atoms with van der Waals surface area (Å²) in [6, 6.07) is 17.7. The Hall–Kier alpha value is -1.77. The molecule has 2 aromatic carbocycles. The third-order valence-electron chi connectivity index (χ3n) is 3.48. The third kappa shape index (κ3) is 3.34. The molecule has 0 N–H and O–H groups in total. The number of benzene rings is 2. The van der Waals surface area contributed by atoms with Crippen LogP contribution in [-0.4, -0.2) is 31.9 Å². The van der Waals surface area contributed by atoms with E-state index in [2.05, 4.69) is 4.99 Å². The van der Waals surface area contributed by atoms with Gasteiger partial charge in [0.2, 0.25) is 0 Å². The molecule has 22 heavy (non-hydrogen) atoms. The fraction of sp³-hybridized carbons (Fsp3) is 0.278. The van der Waals surface area contributed by atoms with Crippen LogP contribution in [-0.2, 0) is 13.9 Å². The van der Waals surface area contributed by atoms with E-state index in [-0.39, 0.29) is 5.60 Å². The van der Waals surface area contributed by atoms with E-state index >= 15 is 0 Å². The molecule has 0 amide bonds. The van der Waals surface area contributed by atoms with E-state index < -0.39 is 13.8 Å². The van der Waals surface area contributed by atoms with E-state index in [1.165, 1.54) is 0 Å². The molecule has 0 fully saturated rings. The molecule has 3 nitrogen and oxygen atoms in total. The number of hydrogen-bond acceptors (Lipinski definition) is 3. The second-order valence-electron chi connectivity index (χ2n) is 5.95. The molecule has 114 valence electrons. The van der Waals surface area contributed by atoms with Gasteiger partial charge in [0.1, 0.15) is 0 Å². The number of aliphatic imine (C=N–C) groups is 1. The van der Waals surface area contributed by atoms with Gasteiger partial charge in [-0.2, -0.15) is 0 Å². The van der Waals surface area contributed by atoms with Crippen molar-refractivity contribution in [2.45, 2.75) is 24.8 Å². The normalized spacial score (nSPS) is 17.6. The molecule has 0 saturated carbocycles. The van der Waals surface area contributed by atoms with Gasteiger partial charge < -0.3 is 0 Å². The quantitative estimate of drug-likeness (QED) is 0.787. The summed E-state index contributed by atoms with van der Waals surface area (Å²) >= 11 is -2.19. The SMILES string of the molecule is CC1(C)CN=C(c2ccccc2[Se](=O)Cc2ccccc2)O1. The van der Waals surface area contributed by atoms with E-state index in [1.807, 2.05) is 68.4 Å². The van der Waals surface area contributed by atoms with Crippen LogP contribution in [0.2, 0.25) is 0 Å². The third-order valence-corrected chi connectivity index (χ3v) is 6.51. The van der Waals surface area contributed by atoms with Crippen molar-refractivity contribution in [3.63, 3.8) is 0 Å². The van der Waals surface area contributed by atoms with Crippen molar-refractivity contribution < 1.29 is 8.57 Å². The predicted molar refractivity (Wildman–Crippen MR) is 89.2 cm³/mol. The van der Waals surface area contributed by atoms with Gasteiger partial charge in [0.15, 0.2) is 0 Å². The Morgan fingerprint density at radius 1 is 1.09 bits per heavy atom. The van der Waals surface area contributed by atoms with Crippen molar-refractivity contribution >= 4 is 24.2 Å². The monoisotopic (exact) mass is 361 g/mol. The minimum atomic E-state index is -2.19. The summed E-state index contributed by atoms with van der Waals surface area (Å²) in [6.07, 6.45) is 0. The summed E-state index contributed by atoms with van der Waals surface area (Å²) in [7, 11) is 0. The topological polar surface area (TPSA) is 38.7 Å². The predicted octanol–water partition coefficient (Wildman–Crippen LogP) is 2.65. The Bertz CT molecular complexity index is 723. The molecule has 4 heteroatoms. The summed E-state index contributed by atoms with van der Waals surface area (Å²) in [5.41, 5.74) is 1.70. The molecule has 1 atom stereocenters. The molecular weight excluding hydrogens is 341 g/mol. The van der Waals surface area contributed by atoms with Crippen LogP contribution in [0.15, 0.2) is 59.6 Å². The summed E-state index contributed by atoms with van der Waals surface area (Å²) in [5, 5.41) is 0.592. The zero-order valence-corrected chi connectivity index (χ0v) is 14.5. The van der Waals surface area contributed by atoms with Crippen LogP contribution >= 0.6 is 0 Å². The Balaban J connectivity index is 1.87. The van der Waals surface area contributed by atoms with Gasteiger partial charge in [0.05, 0.1) is 0 Å². The maximum atomic E-state index is 12.9. The Labute approximate surface area is 135 Å². The molecule has 0 aliphatic carbocycles. The Morgan fingerprint density at radius 3 is 2.45 bits per heavy atom. The van der Waals surface area contributed by atoms with E-state index in [0.29, 0.717) is 17.8 Å². The van der Waals surface area contributed by atoms with Gasteiger partial charge in [-0.15, -0.1) is 0 Å². The van der Waals surface area contributed by atoms with Crippen LogP contribution in [0.5, 0.6) is 0 Å². The molecule has 0 spiro atoms. The van der Waals surface area contributed by atoms with Crippen LogP contribution in [0.4, 0.5) is 0 Å². The van der Waals surface area contributed by atoms with Crippen molar-refractivity contribution in [2.24, 2.45) is 4.99 Å². The van der Waals surface area contributed by atoms with Crippen LogP contribution < -0.4 is 4.46 Å². The first-order valence-corrected chi connectivity index (χ1v) is 10.1. The fourth-order valence-corrected chi connectivity index (χ4v) is 5.06. The van der Waals surface area contributed by atoms with Gasteiger partial charge in [0.25, 0.3) is 0 Å². The fourth-order valence-electron chi connectivity index (χ4n) is 2.37. The second kappa shape index (κ2) is 6.15. The average Bonchev–Trinajstić information content (AvgIpc) is 2.88. The summed E-state index contributed by atoms with van der Waals surface area (Å²) < 4.78 is 19.6. The molecule has 3 rings (SSSR count). The zero-order chi connectivity index (χ0) is 15.6. The molecule has 1 heterocycles. The van der Waals surface area contributed by atoms with Gasteiger partial charge in [-0.25, -0.2) is 0 Å². The molecule has 1 aliphatic rings. The summed E-state index contributed by atoms with van der Waals surface area (Å²) in [6.45, 7) is 4.67. The van der Waals surface area contributed by atoms with E-state index in [0.717, 1.165) is 15.6 Å². The van der Waals surface area contributed by atoms with Crippen LogP contribution in [0.25, 0.3) is 0 Å². The Kier molecular flexibility index (Phi) is 4.23. The van der Waals surface area contributed by atoms with Gasteiger partial charge in [-0.3, -0.25) is 0 Å². The second-order valence-corrected chi connectivity index (χ2v) is 8.93. The first-order valence-electron chi connectivity index (χ1n) is 7.30. The maximum absolute atomic E-state index is 12.9. The molecule has 0 bridgehead atoms. The van der Waals surface area contributed by atoms with E-state index in [4.69, 9.17) is 4.74 Å². The summed E-state index contributed by atoms with van der Waals surface area (Å²) in [4.78, 5) is 4.48. The molecule has 1 unspecified atom stereocenters. The average molecular weight is 360 g/mol. The van der Waals surface area contributed by atoms with Crippen molar-refractivity contribution in [3.05, 3.63) is 65.7 Å². The molecule has 1 aliphatic heterocycles. The Morgan fingerprint density at radius 2 is 1.77 bits per heavy atom. The van der Waals surface area contributed by atoms with Gasteiger partial charge in [-0.1, -0.05) is 0 Å². The summed E-state index contributed by atoms with van der Waals surface area (Å²) in [5.74, 6) is 0.623. The van der Waals surface area contributed by atoms with Crippen LogP contribution in [0.3, 0.4) is 0 Å². The zero-order valence-electron chi connectivity index (χ0n) is 12.8. The molecule has 0 radical (unpaired) electrons. The standard InChI is InChI=1S/C18H19NO2Se/c1-18(2)13-19-17(21-18)15-10-6-7-11-16(15)22(20)12-14-8-4-3-5-9-14/h3-11H,12-13H2,1-2H3. The first-order chi connectivity index (χ1) is 10.6. The number of nitrogens with zero attached hydrogens (tertiary/aromatic N) is 1. The van der Waals surface area contributed by atoms with Crippen molar-refractivity contribution in [3.8, 4) is 0 Å². The number of ether oxygens (including phenoxy) is 1. The minimum absolute atomic E-state index is 0.278. The van der Waals surface area contributed by atoms with Crippen molar-refractivity contribution in [1.29, 1.82) is 0 Å². The molecule has 0 aromatic heterocycles. The van der Waals surface area contributed by atoms with Crippen molar-refractivity contribution in [2.75, 3.05) is 6.54 Å². The van der Waals surface area contributed by atoms with Crippen LogP contribution in [0.1, 0.15) is 25.0 Å². The number of rotatable bonds is 4. The van der Waals surface area contributed by atoms with E-state index in [1.54, 1.807) is 0 Å². The molecular formula is C18H19NO2Se. The van der Waals surface area contributed by atoms with Gasteiger partial charge in [0, 0.05) is 0 Å². The molecule has 2 aromatic rings. The molecule has 0 saturated heterocycles. The number of hydrogen-bond donors (Lipinski definition) is 0. The van der Waals surface area contributed by atoms with E-state index in [9.17, 15) is 3.83 Å². The van der Waals surface area contributed by atoms with Gasteiger partial charge in [-0.05, 0) is 0 Å². The first kappa shape index (κ1) is 15.1.